The van der Waals surface area contributed by atoms with E-state index in [1.54, 1.807) is 12.1 Å². The predicted octanol–water partition coefficient (Wildman–Crippen LogP) is 4.99. The van der Waals surface area contributed by atoms with Crippen LogP contribution in [0.4, 0.5) is 30.2 Å². The summed E-state index contributed by atoms with van der Waals surface area (Å²) in [7, 11) is 0. The van der Waals surface area contributed by atoms with Crippen LogP contribution in [-0.4, -0.2) is 31.5 Å². The molecule has 1 fully saturated rings. The fraction of sp³-hybridized carbons (Fsp3) is 0.417. The van der Waals surface area contributed by atoms with Gasteiger partial charge in [0.2, 0.25) is 11.8 Å². The molecule has 2 aromatic rings. The Balaban J connectivity index is 1.32. The van der Waals surface area contributed by atoms with Crippen molar-refractivity contribution in [1.82, 2.24) is 0 Å². The lowest BCUT2D eigenvalue weighted by Gasteiger charge is -2.23. The summed E-state index contributed by atoms with van der Waals surface area (Å²) in [5, 5.41) is 5.48. The molecule has 2 aromatic carbocycles. The quantitative estimate of drug-likeness (QED) is 0.570. The number of rotatable bonds is 7. The highest BCUT2D eigenvalue weighted by molar-refractivity contribution is 5.95. The maximum Gasteiger partial charge on any atom is 0.416 e. The van der Waals surface area contributed by atoms with Gasteiger partial charge in [-0.3, -0.25) is 9.59 Å². The summed E-state index contributed by atoms with van der Waals surface area (Å²) >= 11 is 0. The first kappa shape index (κ1) is 22.9. The van der Waals surface area contributed by atoms with E-state index in [9.17, 15) is 22.8 Å². The maximum atomic E-state index is 13.2. The lowest BCUT2D eigenvalue weighted by atomic mass is 10.0. The summed E-state index contributed by atoms with van der Waals surface area (Å²) < 4.78 is 45.3. The number of carbonyl (C=O) groups is 2. The third kappa shape index (κ3) is 5.77. The van der Waals surface area contributed by atoms with E-state index in [0.29, 0.717) is 37.3 Å². The lowest BCUT2D eigenvalue weighted by Crippen LogP contribution is -2.22. The smallest absolute Gasteiger partial charge is 0.416 e. The molecule has 4 rings (SSSR count). The van der Waals surface area contributed by atoms with E-state index in [4.69, 9.17) is 4.74 Å². The van der Waals surface area contributed by atoms with Gasteiger partial charge in [0.15, 0.2) is 0 Å². The molecule has 2 N–H and O–H groups in total. The van der Waals surface area contributed by atoms with Crippen molar-refractivity contribution in [2.45, 2.75) is 44.7 Å². The fourth-order valence-electron chi connectivity index (χ4n) is 4.13. The Hall–Kier alpha value is -3.23. The van der Waals surface area contributed by atoms with Crippen LogP contribution in [0.5, 0.6) is 5.75 Å². The standard InChI is InChI=1S/C24H26F3N3O3/c25-24(26,27)17-6-9-21(30-11-1-2-12-30)20(15-17)29-22(31)4-3-13-33-18-7-8-19-16(14-18)5-10-23(32)28-19/h6-9,14-15H,1-5,10-13H2,(H,28,32)(H,29,31). The number of carbonyl (C=O) groups excluding carboxylic acids is 2. The van der Waals surface area contributed by atoms with Crippen molar-refractivity contribution < 1.29 is 27.5 Å². The Labute approximate surface area is 190 Å². The molecular weight excluding hydrogens is 435 g/mol. The van der Waals surface area contributed by atoms with Gasteiger partial charge in [-0.1, -0.05) is 0 Å². The van der Waals surface area contributed by atoms with E-state index < -0.39 is 11.7 Å². The van der Waals surface area contributed by atoms with Crippen molar-refractivity contribution in [2.75, 3.05) is 35.2 Å². The first-order chi connectivity index (χ1) is 15.8. The van der Waals surface area contributed by atoms with Gasteiger partial charge in [-0.2, -0.15) is 13.2 Å². The molecule has 0 atom stereocenters. The molecular formula is C24H26F3N3O3. The van der Waals surface area contributed by atoms with Crippen LogP contribution in [0.15, 0.2) is 36.4 Å². The molecule has 2 amide bonds. The molecule has 2 aliphatic heterocycles. The van der Waals surface area contributed by atoms with E-state index in [2.05, 4.69) is 10.6 Å². The summed E-state index contributed by atoms with van der Waals surface area (Å²) in [5.41, 5.74) is 1.81. The van der Waals surface area contributed by atoms with Gasteiger partial charge < -0.3 is 20.3 Å². The number of fused-ring (bicyclic) bond motifs is 1. The van der Waals surface area contributed by atoms with Crippen LogP contribution in [0.2, 0.25) is 0 Å². The molecule has 9 heteroatoms. The monoisotopic (exact) mass is 461 g/mol. The highest BCUT2D eigenvalue weighted by Gasteiger charge is 2.32. The van der Waals surface area contributed by atoms with Gasteiger partial charge in [0.1, 0.15) is 5.75 Å². The highest BCUT2D eigenvalue weighted by atomic mass is 19.4. The van der Waals surface area contributed by atoms with Gasteiger partial charge in [0.25, 0.3) is 0 Å². The van der Waals surface area contributed by atoms with E-state index in [1.807, 2.05) is 11.0 Å². The highest BCUT2D eigenvalue weighted by Crippen LogP contribution is 2.36. The number of benzene rings is 2. The van der Waals surface area contributed by atoms with Gasteiger partial charge in [0, 0.05) is 31.6 Å². The average Bonchev–Trinajstić information content (AvgIpc) is 3.31. The third-order valence-corrected chi connectivity index (χ3v) is 5.83. The second-order valence-corrected chi connectivity index (χ2v) is 8.29. The minimum absolute atomic E-state index is 0.00385. The Bertz CT molecular complexity index is 1030. The lowest BCUT2D eigenvalue weighted by molar-refractivity contribution is -0.137. The van der Waals surface area contributed by atoms with Gasteiger partial charge in [-0.15, -0.1) is 0 Å². The molecule has 0 aromatic heterocycles. The third-order valence-electron chi connectivity index (χ3n) is 5.83. The van der Waals surface area contributed by atoms with Crippen molar-refractivity contribution >= 4 is 28.9 Å². The predicted molar refractivity (Wildman–Crippen MR) is 120 cm³/mol. The Kier molecular flexibility index (Phi) is 6.76. The number of halogens is 3. The Morgan fingerprint density at radius 1 is 1.09 bits per heavy atom. The molecule has 176 valence electrons. The largest absolute Gasteiger partial charge is 0.494 e. The molecule has 0 spiro atoms. The molecule has 6 nitrogen and oxygen atoms in total. The summed E-state index contributed by atoms with van der Waals surface area (Å²) in [5.74, 6) is 0.293. The molecule has 2 aliphatic rings. The summed E-state index contributed by atoms with van der Waals surface area (Å²) in [6.45, 7) is 1.80. The van der Waals surface area contributed by atoms with Crippen LogP contribution < -0.4 is 20.3 Å². The van der Waals surface area contributed by atoms with Crippen molar-refractivity contribution in [3.8, 4) is 5.75 Å². The number of ether oxygens (including phenoxy) is 1. The second kappa shape index (κ2) is 9.72. The fourth-order valence-corrected chi connectivity index (χ4v) is 4.13. The minimum atomic E-state index is -4.48. The number of nitrogens with zero attached hydrogens (tertiary/aromatic N) is 1. The maximum absolute atomic E-state index is 13.2. The molecule has 0 bridgehead atoms. The molecule has 0 aliphatic carbocycles. The number of amides is 2. The van der Waals surface area contributed by atoms with E-state index >= 15 is 0 Å². The normalized spacial score (nSPS) is 15.7. The van der Waals surface area contributed by atoms with Crippen molar-refractivity contribution in [2.24, 2.45) is 0 Å². The van der Waals surface area contributed by atoms with E-state index in [1.165, 1.54) is 6.07 Å². The number of alkyl halides is 3. The Morgan fingerprint density at radius 2 is 1.88 bits per heavy atom. The zero-order valence-electron chi connectivity index (χ0n) is 18.1. The molecule has 33 heavy (non-hydrogen) atoms. The van der Waals surface area contributed by atoms with Crippen molar-refractivity contribution in [3.63, 3.8) is 0 Å². The molecule has 2 heterocycles. The first-order valence-corrected chi connectivity index (χ1v) is 11.1. The van der Waals surface area contributed by atoms with Gasteiger partial charge in [-0.25, -0.2) is 0 Å². The van der Waals surface area contributed by atoms with Gasteiger partial charge >= 0.3 is 6.18 Å². The molecule has 1 saturated heterocycles. The number of aryl methyl sites for hydroxylation is 1. The average molecular weight is 461 g/mol. The Morgan fingerprint density at radius 3 is 2.64 bits per heavy atom. The van der Waals surface area contributed by atoms with Gasteiger partial charge in [-0.05, 0) is 67.6 Å². The van der Waals surface area contributed by atoms with Crippen LogP contribution in [0.1, 0.15) is 43.2 Å². The SMILES string of the molecule is O=C1CCc2cc(OCCCC(=O)Nc3cc(C(F)(F)F)ccc3N3CCCC3)ccc2N1. The van der Waals surface area contributed by atoms with Crippen LogP contribution >= 0.6 is 0 Å². The zero-order valence-corrected chi connectivity index (χ0v) is 18.1. The van der Waals surface area contributed by atoms with Crippen LogP contribution in [0.25, 0.3) is 0 Å². The number of hydrogen-bond acceptors (Lipinski definition) is 4. The summed E-state index contributed by atoms with van der Waals surface area (Å²) in [6.07, 6.45) is -0.910. The topological polar surface area (TPSA) is 70.7 Å². The van der Waals surface area contributed by atoms with Crippen LogP contribution in [-0.2, 0) is 22.2 Å². The molecule has 0 radical (unpaired) electrons. The number of anilines is 3. The number of nitrogens with one attached hydrogen (secondary N) is 2. The van der Waals surface area contributed by atoms with E-state index in [0.717, 1.165) is 49.3 Å². The zero-order chi connectivity index (χ0) is 23.4. The van der Waals surface area contributed by atoms with Crippen molar-refractivity contribution in [3.05, 3.63) is 47.5 Å². The first-order valence-electron chi connectivity index (χ1n) is 11.1. The van der Waals surface area contributed by atoms with E-state index in [-0.39, 0.29) is 23.9 Å². The van der Waals surface area contributed by atoms with Crippen molar-refractivity contribution in [1.29, 1.82) is 0 Å². The van der Waals surface area contributed by atoms with Crippen LogP contribution in [0.3, 0.4) is 0 Å². The molecule has 0 unspecified atom stereocenters. The number of hydrogen-bond donors (Lipinski definition) is 2. The minimum Gasteiger partial charge on any atom is -0.494 e. The summed E-state index contributed by atoms with van der Waals surface area (Å²) in [6, 6.07) is 8.93. The van der Waals surface area contributed by atoms with Gasteiger partial charge in [0.05, 0.1) is 23.5 Å². The summed E-state index contributed by atoms with van der Waals surface area (Å²) in [4.78, 5) is 25.9. The molecule has 0 saturated carbocycles. The second-order valence-electron chi connectivity index (χ2n) is 8.29. The van der Waals surface area contributed by atoms with Crippen LogP contribution in [0, 0.1) is 0 Å².